The number of rotatable bonds is 12. The van der Waals surface area contributed by atoms with Crippen LogP contribution in [0.15, 0.2) is 60.7 Å². The van der Waals surface area contributed by atoms with E-state index < -0.39 is 84.8 Å². The maximum absolute atomic E-state index is 14.0. The van der Waals surface area contributed by atoms with Gasteiger partial charge in [-0.25, -0.2) is 14.4 Å². The Morgan fingerprint density at radius 1 is 0.660 bits per heavy atom. The second-order valence-corrected chi connectivity index (χ2v) is 12.1. The number of ether oxygens (including phenoxy) is 8. The predicted octanol–water partition coefficient (Wildman–Crippen LogP) is 3.36. The molecule has 7 atom stereocenters. The molecule has 0 aliphatic carbocycles. The number of hydrogen-bond acceptors (Lipinski definition) is 15. The fraction of sp³-hybridized carbons (Fsp3) is 0.472. The lowest BCUT2D eigenvalue weighted by Gasteiger charge is -2.48. The van der Waals surface area contributed by atoms with Gasteiger partial charge in [-0.05, 0) is 30.9 Å². The third-order valence-electron chi connectivity index (χ3n) is 8.02. The van der Waals surface area contributed by atoms with Crippen LogP contribution in [0.5, 0.6) is 0 Å². The van der Waals surface area contributed by atoms with E-state index in [1.807, 2.05) is 0 Å². The van der Waals surface area contributed by atoms with E-state index in [0.717, 1.165) is 37.9 Å². The van der Waals surface area contributed by atoms with Gasteiger partial charge in [-0.3, -0.25) is 19.2 Å². The van der Waals surface area contributed by atoms with Gasteiger partial charge in [0.25, 0.3) is 0 Å². The topological polar surface area (TPSA) is 200 Å². The second-order valence-electron chi connectivity index (χ2n) is 12.1. The Morgan fingerprint density at radius 3 is 1.64 bits per heavy atom. The van der Waals surface area contributed by atoms with Crippen molar-refractivity contribution in [1.82, 2.24) is 10.0 Å². The molecule has 0 saturated carbocycles. The standard InChI is InChI=1S/C36H42N2O15/c1-21(39)18-28-30(49-22(2)40)31(50-23(3)41)32(51-24(4)42)34(52-28)53-29-17-16-27(33(43)46-5)37(35(44)47-19-25-12-8-6-9-13-25)38(29)36(45)48-20-26-14-10-7-11-15-26/h6-15,27-32,34H,16-20H2,1-5H3/t27-,28+,29-,30-,31+,32-,34-/m0/s1. The third-order valence-corrected chi connectivity index (χ3v) is 8.02. The SMILES string of the molecule is COC(=O)[C@@H]1CC[C@H](O[C@@H]2O[C@H](CC(C)=O)[C@H](OC(C)=O)[C@@H](OC(C)=O)[C@@H]2OC(C)=O)N(C(=O)OCc2ccccc2)N1C(=O)OCc1ccccc1. The maximum atomic E-state index is 14.0. The molecule has 2 aliphatic rings. The number of nitrogens with zero attached hydrogens (tertiary/aromatic N) is 2. The molecular weight excluding hydrogens is 700 g/mol. The summed E-state index contributed by atoms with van der Waals surface area (Å²) in [5, 5.41) is 1.45. The first kappa shape index (κ1) is 40.2. The zero-order valence-electron chi connectivity index (χ0n) is 29.9. The minimum Gasteiger partial charge on any atom is -0.467 e. The minimum atomic E-state index is -1.72. The molecule has 2 amide bonds. The van der Waals surface area contributed by atoms with E-state index in [9.17, 15) is 33.6 Å². The maximum Gasteiger partial charge on any atom is 0.431 e. The van der Waals surface area contributed by atoms with Crippen LogP contribution in [0.25, 0.3) is 0 Å². The lowest BCUT2D eigenvalue weighted by atomic mass is 9.94. The molecule has 0 spiro atoms. The van der Waals surface area contributed by atoms with Crippen molar-refractivity contribution in [3.05, 3.63) is 71.8 Å². The Bertz CT molecular complexity index is 1620. The molecule has 0 N–H and O–H groups in total. The van der Waals surface area contributed by atoms with Crippen molar-refractivity contribution in [2.45, 2.75) is 103 Å². The highest BCUT2D eigenvalue weighted by Crippen LogP contribution is 2.35. The fourth-order valence-corrected chi connectivity index (χ4v) is 5.87. The second kappa shape index (κ2) is 18.8. The van der Waals surface area contributed by atoms with E-state index in [1.54, 1.807) is 60.7 Å². The van der Waals surface area contributed by atoms with Crippen molar-refractivity contribution in [2.24, 2.45) is 0 Å². The summed E-state index contributed by atoms with van der Waals surface area (Å²) in [5.41, 5.74) is 1.20. The van der Waals surface area contributed by atoms with Crippen LogP contribution >= 0.6 is 0 Å². The number of hydrogen-bond donors (Lipinski definition) is 0. The number of benzene rings is 2. The summed E-state index contributed by atoms with van der Waals surface area (Å²) in [4.78, 5) is 90.2. The minimum absolute atomic E-state index is 0.133. The van der Waals surface area contributed by atoms with Gasteiger partial charge in [-0.2, -0.15) is 10.0 Å². The average Bonchev–Trinajstić information content (AvgIpc) is 3.12. The van der Waals surface area contributed by atoms with Crippen LogP contribution in [0.1, 0.15) is 58.1 Å². The monoisotopic (exact) mass is 742 g/mol. The first-order valence-corrected chi connectivity index (χ1v) is 16.7. The summed E-state index contributed by atoms with van der Waals surface area (Å²) in [5.74, 6) is -3.84. The smallest absolute Gasteiger partial charge is 0.431 e. The first-order chi connectivity index (χ1) is 25.3. The third kappa shape index (κ3) is 11.0. The number of hydrazine groups is 1. The van der Waals surface area contributed by atoms with Crippen molar-refractivity contribution in [1.29, 1.82) is 0 Å². The predicted molar refractivity (Wildman–Crippen MR) is 177 cm³/mol. The van der Waals surface area contributed by atoms with Gasteiger partial charge in [0.1, 0.15) is 25.1 Å². The van der Waals surface area contributed by atoms with Crippen LogP contribution in [-0.4, -0.2) is 102 Å². The Morgan fingerprint density at radius 2 is 1.15 bits per heavy atom. The Hall–Kier alpha value is -5.55. The highest BCUT2D eigenvalue weighted by molar-refractivity contribution is 5.83. The number of ketones is 1. The zero-order chi connectivity index (χ0) is 38.7. The van der Waals surface area contributed by atoms with Crippen molar-refractivity contribution >= 4 is 41.8 Å². The van der Waals surface area contributed by atoms with Crippen molar-refractivity contribution in [3.63, 3.8) is 0 Å². The van der Waals surface area contributed by atoms with Crippen LogP contribution in [0, 0.1) is 0 Å². The molecule has 4 rings (SSSR count). The molecule has 2 fully saturated rings. The average molecular weight is 743 g/mol. The Labute approximate surface area is 305 Å². The molecule has 0 radical (unpaired) electrons. The molecule has 17 nitrogen and oxygen atoms in total. The molecule has 286 valence electrons. The van der Waals surface area contributed by atoms with Crippen LogP contribution in [-0.2, 0) is 75.1 Å². The molecule has 2 aromatic carbocycles. The molecule has 0 unspecified atom stereocenters. The molecule has 0 bridgehead atoms. The van der Waals surface area contributed by atoms with E-state index in [0.29, 0.717) is 11.1 Å². The van der Waals surface area contributed by atoms with Gasteiger partial charge in [0.15, 0.2) is 30.6 Å². The van der Waals surface area contributed by atoms with E-state index in [2.05, 4.69) is 0 Å². The van der Waals surface area contributed by atoms with Gasteiger partial charge in [-0.15, -0.1) is 0 Å². The highest BCUT2D eigenvalue weighted by Gasteiger charge is 2.55. The Balaban J connectivity index is 1.76. The molecule has 2 aromatic rings. The lowest BCUT2D eigenvalue weighted by molar-refractivity contribution is -0.333. The van der Waals surface area contributed by atoms with Gasteiger partial charge in [0.2, 0.25) is 6.29 Å². The summed E-state index contributed by atoms with van der Waals surface area (Å²) in [7, 11) is 1.11. The summed E-state index contributed by atoms with van der Waals surface area (Å²) in [6.45, 7) is 3.97. The van der Waals surface area contributed by atoms with Gasteiger partial charge in [0, 0.05) is 27.2 Å². The summed E-state index contributed by atoms with van der Waals surface area (Å²) < 4.78 is 44.9. The van der Waals surface area contributed by atoms with Crippen LogP contribution < -0.4 is 0 Å². The Kier molecular flexibility index (Phi) is 14.3. The quantitative estimate of drug-likeness (QED) is 0.226. The number of esters is 4. The summed E-state index contributed by atoms with van der Waals surface area (Å²) in [6, 6.07) is 15.9. The van der Waals surface area contributed by atoms with E-state index in [1.165, 1.54) is 6.92 Å². The normalized spacial score (nSPS) is 23.9. The number of carbonyl (C=O) groups excluding carboxylic acids is 7. The number of amides is 2. The summed E-state index contributed by atoms with van der Waals surface area (Å²) in [6.07, 6.45) is -12.1. The van der Waals surface area contributed by atoms with Crippen LogP contribution in [0.2, 0.25) is 0 Å². The lowest BCUT2D eigenvalue weighted by Crippen LogP contribution is -2.67. The van der Waals surface area contributed by atoms with E-state index in [4.69, 9.17) is 37.9 Å². The van der Waals surface area contributed by atoms with Crippen LogP contribution in [0.3, 0.4) is 0 Å². The number of Topliss-reactive ketones (excluding diaryl/α,β-unsaturated/α-hetero) is 1. The summed E-state index contributed by atoms with van der Waals surface area (Å²) >= 11 is 0. The van der Waals surface area contributed by atoms with E-state index in [-0.39, 0.29) is 32.5 Å². The molecular formula is C36H42N2O15. The highest BCUT2D eigenvalue weighted by atomic mass is 16.7. The fourth-order valence-electron chi connectivity index (χ4n) is 5.87. The molecule has 53 heavy (non-hydrogen) atoms. The van der Waals surface area contributed by atoms with Gasteiger partial charge >= 0.3 is 36.1 Å². The first-order valence-electron chi connectivity index (χ1n) is 16.7. The van der Waals surface area contributed by atoms with Crippen molar-refractivity contribution < 1.29 is 71.5 Å². The largest absolute Gasteiger partial charge is 0.467 e. The van der Waals surface area contributed by atoms with Crippen LogP contribution in [0.4, 0.5) is 9.59 Å². The number of carbonyl (C=O) groups is 7. The van der Waals surface area contributed by atoms with Crippen molar-refractivity contribution in [3.8, 4) is 0 Å². The molecule has 2 heterocycles. The van der Waals surface area contributed by atoms with Crippen molar-refractivity contribution in [2.75, 3.05) is 7.11 Å². The van der Waals surface area contributed by atoms with Gasteiger partial charge in [-0.1, -0.05) is 60.7 Å². The van der Waals surface area contributed by atoms with E-state index >= 15 is 0 Å². The number of methoxy groups -OCH3 is 1. The molecule has 2 saturated heterocycles. The molecule has 0 aromatic heterocycles. The van der Waals surface area contributed by atoms with Gasteiger partial charge in [0.05, 0.1) is 7.11 Å². The van der Waals surface area contributed by atoms with Gasteiger partial charge < -0.3 is 37.9 Å². The molecule has 2 aliphatic heterocycles. The zero-order valence-corrected chi connectivity index (χ0v) is 29.9. The molecule has 17 heteroatoms.